The second-order valence-corrected chi connectivity index (χ2v) is 5.73. The van der Waals surface area contributed by atoms with Crippen LogP contribution in [0.15, 0.2) is 18.2 Å². The minimum Gasteiger partial charge on any atom is -0.493 e. The van der Waals surface area contributed by atoms with E-state index in [2.05, 4.69) is 37.4 Å². The van der Waals surface area contributed by atoms with Crippen LogP contribution in [0.1, 0.15) is 37.4 Å². The van der Waals surface area contributed by atoms with Crippen LogP contribution in [-0.4, -0.2) is 20.2 Å². The number of benzene rings is 1. The first kappa shape index (κ1) is 14.4. The fourth-order valence-corrected chi connectivity index (χ4v) is 2.99. The highest BCUT2D eigenvalue weighted by Gasteiger charge is 2.24. The number of aryl methyl sites for hydroxylation is 1. The van der Waals surface area contributed by atoms with Crippen LogP contribution in [0.4, 0.5) is 0 Å². The molecule has 0 radical (unpaired) electrons. The topological polar surface area (TPSA) is 47.3 Å². The van der Waals surface area contributed by atoms with E-state index in [0.717, 1.165) is 25.2 Å². The van der Waals surface area contributed by atoms with Crippen LogP contribution in [-0.2, 0) is 6.42 Å². The van der Waals surface area contributed by atoms with Gasteiger partial charge in [0.05, 0.1) is 6.61 Å². The van der Waals surface area contributed by atoms with Crippen molar-refractivity contribution < 1.29 is 4.74 Å². The summed E-state index contributed by atoms with van der Waals surface area (Å²) in [5, 5.41) is 3.44. The van der Waals surface area contributed by atoms with E-state index in [1.165, 1.54) is 11.1 Å². The molecule has 0 saturated carbocycles. The van der Waals surface area contributed by atoms with Crippen LogP contribution < -0.4 is 15.8 Å². The highest BCUT2D eigenvalue weighted by molar-refractivity contribution is 5.39. The predicted molar refractivity (Wildman–Crippen MR) is 79.4 cm³/mol. The lowest BCUT2D eigenvalue weighted by Crippen LogP contribution is -2.34. The summed E-state index contributed by atoms with van der Waals surface area (Å²) in [7, 11) is 2.02. The zero-order chi connectivity index (χ0) is 13.8. The van der Waals surface area contributed by atoms with Crippen molar-refractivity contribution in [3.63, 3.8) is 0 Å². The van der Waals surface area contributed by atoms with Crippen LogP contribution in [0, 0.1) is 11.8 Å². The lowest BCUT2D eigenvalue weighted by atomic mass is 9.84. The Morgan fingerprint density at radius 2 is 2.16 bits per heavy atom. The zero-order valence-electron chi connectivity index (χ0n) is 12.3. The summed E-state index contributed by atoms with van der Waals surface area (Å²) >= 11 is 0. The number of fused-ring (bicyclic) bond motifs is 1. The van der Waals surface area contributed by atoms with E-state index >= 15 is 0 Å². The molecule has 0 aromatic heterocycles. The highest BCUT2D eigenvalue weighted by Crippen LogP contribution is 2.32. The predicted octanol–water partition coefficient (Wildman–Crippen LogP) is 2.50. The molecule has 0 saturated heterocycles. The minimum absolute atomic E-state index is 0.317. The number of rotatable bonds is 5. The molecular formula is C16H26N2O. The molecule has 2 rings (SSSR count). The lowest BCUT2D eigenvalue weighted by Gasteiger charge is -2.30. The van der Waals surface area contributed by atoms with E-state index in [1.807, 2.05) is 7.05 Å². The van der Waals surface area contributed by atoms with Gasteiger partial charge in [-0.15, -0.1) is 0 Å². The van der Waals surface area contributed by atoms with E-state index in [-0.39, 0.29) is 0 Å². The average Bonchev–Trinajstić information content (AvgIpc) is 2.43. The van der Waals surface area contributed by atoms with E-state index < -0.39 is 0 Å². The monoisotopic (exact) mass is 262 g/mol. The molecule has 0 amide bonds. The largest absolute Gasteiger partial charge is 0.493 e. The normalized spacial score (nSPS) is 17.7. The smallest absolute Gasteiger partial charge is 0.122 e. The van der Waals surface area contributed by atoms with Crippen molar-refractivity contribution >= 4 is 0 Å². The molecule has 2 atom stereocenters. The van der Waals surface area contributed by atoms with Gasteiger partial charge in [0.1, 0.15) is 5.75 Å². The SMILES string of the molecule is CNC(c1ccc2c(c1)CCCO2)C(CN)C(C)C. The van der Waals surface area contributed by atoms with Crippen LogP contribution >= 0.6 is 0 Å². The fourth-order valence-electron chi connectivity index (χ4n) is 2.99. The number of nitrogens with one attached hydrogen (secondary N) is 1. The van der Waals surface area contributed by atoms with Gasteiger partial charge < -0.3 is 15.8 Å². The first-order chi connectivity index (χ1) is 9.17. The average molecular weight is 262 g/mol. The van der Waals surface area contributed by atoms with E-state index in [4.69, 9.17) is 10.5 Å². The Labute approximate surface area is 116 Å². The first-order valence-corrected chi connectivity index (χ1v) is 7.30. The van der Waals surface area contributed by atoms with Gasteiger partial charge >= 0.3 is 0 Å². The third kappa shape index (κ3) is 3.10. The van der Waals surface area contributed by atoms with Crippen molar-refractivity contribution in [2.24, 2.45) is 17.6 Å². The van der Waals surface area contributed by atoms with Gasteiger partial charge in [0.15, 0.2) is 0 Å². The summed E-state index contributed by atoms with van der Waals surface area (Å²) in [5.74, 6) is 2.07. The molecule has 2 unspecified atom stereocenters. The third-order valence-electron chi connectivity index (χ3n) is 4.16. The Kier molecular flexibility index (Phi) is 4.83. The van der Waals surface area contributed by atoms with Gasteiger partial charge in [0, 0.05) is 6.04 Å². The van der Waals surface area contributed by atoms with Gasteiger partial charge in [0.2, 0.25) is 0 Å². The Morgan fingerprint density at radius 1 is 1.37 bits per heavy atom. The van der Waals surface area contributed by atoms with Gasteiger partial charge in [-0.05, 0) is 55.5 Å². The molecule has 1 aromatic carbocycles. The maximum absolute atomic E-state index is 5.96. The molecule has 1 aromatic rings. The maximum atomic E-state index is 5.96. The molecular weight excluding hydrogens is 236 g/mol. The summed E-state index contributed by atoms with van der Waals surface area (Å²) in [6, 6.07) is 6.90. The van der Waals surface area contributed by atoms with Gasteiger partial charge in [-0.1, -0.05) is 26.0 Å². The first-order valence-electron chi connectivity index (χ1n) is 7.30. The van der Waals surface area contributed by atoms with Gasteiger partial charge in [-0.2, -0.15) is 0 Å². The van der Waals surface area contributed by atoms with E-state index in [0.29, 0.717) is 24.4 Å². The molecule has 3 heteroatoms. The maximum Gasteiger partial charge on any atom is 0.122 e. The number of hydrogen-bond donors (Lipinski definition) is 2. The van der Waals surface area contributed by atoms with Crippen LogP contribution in [0.3, 0.4) is 0 Å². The van der Waals surface area contributed by atoms with Gasteiger partial charge in [-0.25, -0.2) is 0 Å². The van der Waals surface area contributed by atoms with Crippen molar-refractivity contribution in [1.29, 1.82) is 0 Å². The zero-order valence-corrected chi connectivity index (χ0v) is 12.3. The molecule has 0 spiro atoms. The Morgan fingerprint density at radius 3 is 2.79 bits per heavy atom. The van der Waals surface area contributed by atoms with Crippen molar-refractivity contribution in [3.8, 4) is 5.75 Å². The van der Waals surface area contributed by atoms with Crippen molar-refractivity contribution in [3.05, 3.63) is 29.3 Å². The molecule has 0 fully saturated rings. The summed E-state index contributed by atoms with van der Waals surface area (Å²) in [5.41, 5.74) is 8.63. The van der Waals surface area contributed by atoms with Crippen LogP contribution in [0.2, 0.25) is 0 Å². The Bertz CT molecular complexity index is 417. The number of hydrogen-bond acceptors (Lipinski definition) is 3. The van der Waals surface area contributed by atoms with Crippen molar-refractivity contribution in [2.75, 3.05) is 20.2 Å². The molecule has 1 aliphatic rings. The Balaban J connectivity index is 2.27. The molecule has 19 heavy (non-hydrogen) atoms. The third-order valence-corrected chi connectivity index (χ3v) is 4.16. The molecule has 3 N–H and O–H groups in total. The molecule has 1 aliphatic heterocycles. The minimum atomic E-state index is 0.317. The number of nitrogens with two attached hydrogens (primary N) is 1. The lowest BCUT2D eigenvalue weighted by molar-refractivity contribution is 0.284. The Hall–Kier alpha value is -1.06. The molecule has 0 aliphatic carbocycles. The molecule has 0 bridgehead atoms. The van der Waals surface area contributed by atoms with Crippen LogP contribution in [0.25, 0.3) is 0 Å². The molecule has 1 heterocycles. The summed E-state index contributed by atoms with van der Waals surface area (Å²) in [6.07, 6.45) is 2.24. The summed E-state index contributed by atoms with van der Waals surface area (Å²) in [4.78, 5) is 0. The quantitative estimate of drug-likeness (QED) is 0.857. The highest BCUT2D eigenvalue weighted by atomic mass is 16.5. The molecule has 106 valence electrons. The van der Waals surface area contributed by atoms with Gasteiger partial charge in [-0.3, -0.25) is 0 Å². The second-order valence-electron chi connectivity index (χ2n) is 5.73. The van der Waals surface area contributed by atoms with E-state index in [9.17, 15) is 0 Å². The number of ether oxygens (including phenoxy) is 1. The van der Waals surface area contributed by atoms with Crippen molar-refractivity contribution in [2.45, 2.75) is 32.7 Å². The standard InChI is InChI=1S/C16H26N2O/c1-11(2)14(10-17)16(18-3)13-6-7-15-12(9-13)5-4-8-19-15/h6-7,9,11,14,16,18H,4-5,8,10,17H2,1-3H3. The van der Waals surface area contributed by atoms with Gasteiger partial charge in [0.25, 0.3) is 0 Å². The summed E-state index contributed by atoms with van der Waals surface area (Å²) < 4.78 is 5.68. The second kappa shape index (κ2) is 6.40. The van der Waals surface area contributed by atoms with E-state index in [1.54, 1.807) is 0 Å². The fraction of sp³-hybridized carbons (Fsp3) is 0.625. The molecule has 3 nitrogen and oxygen atoms in total. The van der Waals surface area contributed by atoms with Crippen molar-refractivity contribution in [1.82, 2.24) is 5.32 Å². The van der Waals surface area contributed by atoms with Crippen LogP contribution in [0.5, 0.6) is 5.75 Å². The summed E-state index contributed by atoms with van der Waals surface area (Å²) in [6.45, 7) is 6.03.